The molecule has 0 aromatic heterocycles. The quantitative estimate of drug-likeness (QED) is 0.603. The van der Waals surface area contributed by atoms with Crippen LogP contribution in [0.2, 0.25) is 6.04 Å². The highest BCUT2D eigenvalue weighted by Gasteiger charge is 2.31. The van der Waals surface area contributed by atoms with Gasteiger partial charge in [0.1, 0.15) is 0 Å². The Kier molecular flexibility index (Phi) is 4.65. The summed E-state index contributed by atoms with van der Waals surface area (Å²) in [6.45, 7) is 5.25. The van der Waals surface area contributed by atoms with E-state index in [2.05, 4.69) is 43.1 Å². The van der Waals surface area contributed by atoms with Crippen LogP contribution in [0.15, 0.2) is 30.3 Å². The van der Waals surface area contributed by atoms with Crippen molar-refractivity contribution in [2.45, 2.75) is 26.3 Å². The third kappa shape index (κ3) is 2.84. The number of halogens is 1. The summed E-state index contributed by atoms with van der Waals surface area (Å²) in [6.07, 6.45) is 1.14. The smallest absolute Gasteiger partial charge is 0.257 e. The average molecular weight is 228 g/mol. The van der Waals surface area contributed by atoms with E-state index >= 15 is 0 Å². The van der Waals surface area contributed by atoms with Crippen LogP contribution in [0.4, 0.5) is 0 Å². The minimum Gasteiger partial charge on any atom is -0.322 e. The Morgan fingerprint density at radius 2 is 1.86 bits per heavy atom. The summed E-state index contributed by atoms with van der Waals surface area (Å²) in [6, 6.07) is 11.5. The number of hydrogen-bond donors (Lipinski definition) is 1. The van der Waals surface area contributed by atoms with Crippen molar-refractivity contribution in [2.75, 3.05) is 6.54 Å². The fourth-order valence-corrected chi connectivity index (χ4v) is 5.65. The Bertz CT molecular complexity index is 257. The van der Waals surface area contributed by atoms with Gasteiger partial charge in [0.15, 0.2) is 0 Å². The van der Waals surface area contributed by atoms with Crippen LogP contribution in [0.5, 0.6) is 0 Å². The molecule has 1 atom stereocenters. The molecule has 0 aliphatic heterocycles. The highest BCUT2D eigenvalue weighted by Crippen LogP contribution is 2.14. The van der Waals surface area contributed by atoms with E-state index in [1.807, 2.05) is 6.07 Å². The fraction of sp³-hybridized carbons (Fsp3) is 0.455. The molecule has 1 rings (SSSR count). The zero-order valence-electron chi connectivity index (χ0n) is 8.89. The summed E-state index contributed by atoms with van der Waals surface area (Å²) in [5.74, 6) is 0. The molecule has 0 saturated carbocycles. The Balaban J connectivity index is 2.87. The van der Waals surface area contributed by atoms with Crippen LogP contribution in [-0.4, -0.2) is 14.1 Å². The molecule has 0 spiro atoms. The van der Waals surface area contributed by atoms with Gasteiger partial charge in [-0.15, -0.1) is 11.1 Å². The lowest BCUT2D eigenvalue weighted by molar-refractivity contribution is 0.945. The Labute approximate surface area is 92.3 Å². The van der Waals surface area contributed by atoms with E-state index in [1.165, 1.54) is 5.19 Å². The summed E-state index contributed by atoms with van der Waals surface area (Å²) in [7, 11) is -1.90. The van der Waals surface area contributed by atoms with Crippen molar-refractivity contribution in [3.63, 3.8) is 0 Å². The maximum absolute atomic E-state index is 6.69. The monoisotopic (exact) mass is 227 g/mol. The predicted molar refractivity (Wildman–Crippen MR) is 66.5 cm³/mol. The fourth-order valence-electron chi connectivity index (χ4n) is 1.66. The van der Waals surface area contributed by atoms with Gasteiger partial charge >= 0.3 is 0 Å². The lowest BCUT2D eigenvalue weighted by Gasteiger charge is -2.24. The van der Waals surface area contributed by atoms with Gasteiger partial charge in [0.25, 0.3) is 7.55 Å². The molecular formula is C11H18ClNSi. The lowest BCUT2D eigenvalue weighted by atomic mass is 10.4. The van der Waals surface area contributed by atoms with Gasteiger partial charge < -0.3 is 4.98 Å². The van der Waals surface area contributed by atoms with Gasteiger partial charge in [0.2, 0.25) is 0 Å². The number of nitrogens with one attached hydrogen (secondary N) is 1. The second-order valence-corrected chi connectivity index (χ2v) is 8.42. The molecule has 14 heavy (non-hydrogen) atoms. The molecule has 0 radical (unpaired) electrons. The van der Waals surface area contributed by atoms with Gasteiger partial charge in [0, 0.05) is 0 Å². The summed E-state index contributed by atoms with van der Waals surface area (Å²) in [5.41, 5.74) is 0. The first-order chi connectivity index (χ1) is 6.73. The highest BCUT2D eigenvalue weighted by molar-refractivity contribution is 7.26. The molecule has 1 aromatic rings. The average Bonchev–Trinajstić information content (AvgIpc) is 2.20. The van der Waals surface area contributed by atoms with Gasteiger partial charge in [-0.25, -0.2) is 0 Å². The molecular weight excluding hydrogens is 210 g/mol. The van der Waals surface area contributed by atoms with E-state index in [-0.39, 0.29) is 0 Å². The van der Waals surface area contributed by atoms with Crippen LogP contribution in [0.3, 0.4) is 0 Å². The molecule has 1 nitrogen and oxygen atoms in total. The molecule has 1 aromatic carbocycles. The van der Waals surface area contributed by atoms with Gasteiger partial charge in [-0.2, -0.15) is 0 Å². The molecule has 78 valence electrons. The van der Waals surface area contributed by atoms with Crippen molar-refractivity contribution in [2.24, 2.45) is 0 Å². The van der Waals surface area contributed by atoms with Crippen molar-refractivity contribution in [3.05, 3.63) is 30.3 Å². The third-order valence-corrected chi connectivity index (χ3v) is 7.26. The Morgan fingerprint density at radius 3 is 2.36 bits per heavy atom. The largest absolute Gasteiger partial charge is 0.322 e. The normalized spacial score (nSPS) is 15.1. The third-order valence-electron chi connectivity index (χ3n) is 2.28. The first-order valence-corrected chi connectivity index (χ1v) is 8.44. The first-order valence-electron chi connectivity index (χ1n) is 5.22. The lowest BCUT2D eigenvalue weighted by Crippen LogP contribution is -2.55. The van der Waals surface area contributed by atoms with E-state index in [4.69, 9.17) is 11.1 Å². The van der Waals surface area contributed by atoms with Crippen LogP contribution >= 0.6 is 11.1 Å². The standard InChI is InChI=1S/C11H18ClNSi/c1-3-10-14(12,13-4-2)11-8-6-5-7-9-11/h5-9,13H,3-4,10H2,1-2H3. The maximum Gasteiger partial charge on any atom is 0.257 e. The number of benzene rings is 1. The highest BCUT2D eigenvalue weighted by atomic mass is 35.6. The van der Waals surface area contributed by atoms with E-state index in [0.29, 0.717) is 0 Å². The SMILES string of the molecule is CCC[Si](Cl)(NCC)c1ccccc1. The summed E-state index contributed by atoms with van der Waals surface area (Å²) in [4.78, 5) is 3.48. The van der Waals surface area contributed by atoms with Crippen molar-refractivity contribution in [3.8, 4) is 0 Å². The zero-order valence-corrected chi connectivity index (χ0v) is 10.6. The number of hydrogen-bond acceptors (Lipinski definition) is 1. The molecule has 1 N–H and O–H groups in total. The van der Waals surface area contributed by atoms with E-state index in [9.17, 15) is 0 Å². The molecule has 0 aliphatic rings. The minimum atomic E-state index is -1.90. The van der Waals surface area contributed by atoms with Crippen LogP contribution in [-0.2, 0) is 0 Å². The molecule has 1 unspecified atom stereocenters. The Morgan fingerprint density at radius 1 is 1.21 bits per heavy atom. The molecule has 0 bridgehead atoms. The van der Waals surface area contributed by atoms with Crippen LogP contribution in [0.1, 0.15) is 20.3 Å². The molecule has 0 amide bonds. The van der Waals surface area contributed by atoms with Crippen molar-refractivity contribution < 1.29 is 0 Å². The van der Waals surface area contributed by atoms with Gasteiger partial charge in [0.05, 0.1) is 0 Å². The molecule has 0 saturated heterocycles. The summed E-state index contributed by atoms with van der Waals surface area (Å²) >= 11 is 6.69. The van der Waals surface area contributed by atoms with Crippen LogP contribution in [0, 0.1) is 0 Å². The van der Waals surface area contributed by atoms with Crippen molar-refractivity contribution in [1.29, 1.82) is 0 Å². The van der Waals surface area contributed by atoms with Crippen LogP contribution < -0.4 is 10.2 Å². The Hall–Kier alpha value is -0.313. The minimum absolute atomic E-state index is 0.949. The van der Waals surface area contributed by atoms with E-state index < -0.39 is 7.55 Å². The number of rotatable bonds is 5. The predicted octanol–water partition coefficient (Wildman–Crippen LogP) is 2.59. The second kappa shape index (κ2) is 5.54. The van der Waals surface area contributed by atoms with E-state index in [0.717, 1.165) is 19.0 Å². The zero-order chi connectivity index (χ0) is 10.4. The van der Waals surface area contributed by atoms with Gasteiger partial charge in [-0.05, 0) is 17.8 Å². The molecule has 3 heteroatoms. The maximum atomic E-state index is 6.69. The van der Waals surface area contributed by atoms with Crippen molar-refractivity contribution >= 4 is 23.8 Å². The van der Waals surface area contributed by atoms with Crippen molar-refractivity contribution in [1.82, 2.24) is 4.98 Å². The van der Waals surface area contributed by atoms with Gasteiger partial charge in [-0.3, -0.25) is 0 Å². The topological polar surface area (TPSA) is 12.0 Å². The van der Waals surface area contributed by atoms with E-state index in [1.54, 1.807) is 0 Å². The molecule has 0 fully saturated rings. The second-order valence-electron chi connectivity index (χ2n) is 3.45. The van der Waals surface area contributed by atoms with Gasteiger partial charge in [-0.1, -0.05) is 50.6 Å². The summed E-state index contributed by atoms with van der Waals surface area (Å²) < 4.78 is 0. The molecule has 0 heterocycles. The molecule has 0 aliphatic carbocycles. The van der Waals surface area contributed by atoms with Crippen LogP contribution in [0.25, 0.3) is 0 Å². The first kappa shape index (κ1) is 11.8. The summed E-state index contributed by atoms with van der Waals surface area (Å²) in [5, 5.41) is 1.30.